The van der Waals surface area contributed by atoms with E-state index in [2.05, 4.69) is 5.32 Å². The van der Waals surface area contributed by atoms with Crippen molar-refractivity contribution in [2.45, 2.75) is 17.6 Å². The van der Waals surface area contributed by atoms with Gasteiger partial charge in [-0.1, -0.05) is 23.8 Å². The molecule has 30 heavy (non-hydrogen) atoms. The minimum Gasteiger partial charge on any atom is -0.508 e. The lowest BCUT2D eigenvalue weighted by molar-refractivity contribution is 0.102. The molecule has 0 bridgehead atoms. The quantitative estimate of drug-likeness (QED) is 0.338. The number of rotatable bonds is 5. The summed E-state index contributed by atoms with van der Waals surface area (Å²) in [5.74, 6) is 0.307. The Morgan fingerprint density at radius 2 is 1.83 bits per heavy atom. The first kappa shape index (κ1) is 19.8. The van der Waals surface area contributed by atoms with Crippen LogP contribution in [0.3, 0.4) is 0 Å². The Balaban J connectivity index is 1.47. The summed E-state index contributed by atoms with van der Waals surface area (Å²) in [6.45, 7) is 1.97. The molecule has 4 rings (SSSR count). The predicted octanol–water partition coefficient (Wildman–Crippen LogP) is 5.35. The van der Waals surface area contributed by atoms with E-state index in [-0.39, 0.29) is 11.7 Å². The Morgan fingerprint density at radius 3 is 2.63 bits per heavy atom. The van der Waals surface area contributed by atoms with E-state index in [0.717, 1.165) is 15.8 Å². The van der Waals surface area contributed by atoms with E-state index in [4.69, 9.17) is 4.42 Å². The molecule has 3 aromatic carbocycles. The summed E-state index contributed by atoms with van der Waals surface area (Å²) < 4.78 is 5.31. The first-order valence-electron chi connectivity index (χ1n) is 9.34. The third-order valence-corrected chi connectivity index (χ3v) is 5.63. The number of amides is 1. The van der Waals surface area contributed by atoms with Gasteiger partial charge in [-0.2, -0.15) is 0 Å². The van der Waals surface area contributed by atoms with Gasteiger partial charge < -0.3 is 14.8 Å². The lowest BCUT2D eigenvalue weighted by Gasteiger charge is -2.08. The number of phenolic OH excluding ortho intramolecular Hbond substituents is 1. The second-order valence-electron chi connectivity index (χ2n) is 6.92. The van der Waals surface area contributed by atoms with Gasteiger partial charge in [0.2, 0.25) is 0 Å². The molecule has 0 saturated carbocycles. The van der Waals surface area contributed by atoms with E-state index < -0.39 is 5.63 Å². The van der Waals surface area contributed by atoms with Crippen molar-refractivity contribution in [3.8, 4) is 5.75 Å². The summed E-state index contributed by atoms with van der Waals surface area (Å²) >= 11 is 1.48. The number of fused-ring (bicyclic) bond motifs is 1. The zero-order valence-electron chi connectivity index (χ0n) is 16.2. The van der Waals surface area contributed by atoms with E-state index in [1.165, 1.54) is 17.8 Å². The number of carbonyl (C=O) groups is 1. The molecule has 0 aliphatic heterocycles. The molecular formula is C24H19NO4S. The highest BCUT2D eigenvalue weighted by Crippen LogP contribution is 2.26. The van der Waals surface area contributed by atoms with Crippen LogP contribution in [0.4, 0.5) is 5.69 Å². The highest BCUT2D eigenvalue weighted by Gasteiger charge is 2.09. The second kappa shape index (κ2) is 8.47. The zero-order chi connectivity index (χ0) is 21.1. The Morgan fingerprint density at radius 1 is 1.03 bits per heavy atom. The van der Waals surface area contributed by atoms with Crippen molar-refractivity contribution >= 4 is 34.3 Å². The van der Waals surface area contributed by atoms with Crippen molar-refractivity contribution in [1.29, 1.82) is 0 Å². The van der Waals surface area contributed by atoms with E-state index in [0.29, 0.717) is 28.2 Å². The number of benzene rings is 3. The van der Waals surface area contributed by atoms with E-state index in [1.54, 1.807) is 30.3 Å². The van der Waals surface area contributed by atoms with Crippen LogP contribution in [-0.4, -0.2) is 11.0 Å². The van der Waals surface area contributed by atoms with E-state index >= 15 is 0 Å². The molecule has 0 radical (unpaired) electrons. The van der Waals surface area contributed by atoms with Gasteiger partial charge in [0, 0.05) is 38.9 Å². The maximum atomic E-state index is 12.4. The van der Waals surface area contributed by atoms with Crippen LogP contribution >= 0.6 is 11.8 Å². The molecule has 0 aliphatic carbocycles. The number of hydrogen-bond acceptors (Lipinski definition) is 5. The average Bonchev–Trinajstić information content (AvgIpc) is 2.73. The van der Waals surface area contributed by atoms with Crippen LogP contribution in [0.5, 0.6) is 5.75 Å². The third kappa shape index (κ3) is 4.55. The van der Waals surface area contributed by atoms with Gasteiger partial charge in [0.1, 0.15) is 11.3 Å². The molecule has 0 saturated heterocycles. The van der Waals surface area contributed by atoms with Crippen molar-refractivity contribution in [2.24, 2.45) is 0 Å². The van der Waals surface area contributed by atoms with E-state index in [1.807, 2.05) is 43.3 Å². The molecule has 150 valence electrons. The predicted molar refractivity (Wildman–Crippen MR) is 119 cm³/mol. The van der Waals surface area contributed by atoms with Crippen molar-refractivity contribution in [3.63, 3.8) is 0 Å². The first-order chi connectivity index (χ1) is 14.5. The SMILES string of the molecule is Cc1ccc(C(=O)Nc2cccc(SCc3cc4ccc(O)cc4oc3=O)c2)cc1. The Kier molecular flexibility index (Phi) is 5.59. The molecule has 0 atom stereocenters. The van der Waals surface area contributed by atoms with Crippen LogP contribution in [0, 0.1) is 6.92 Å². The van der Waals surface area contributed by atoms with Crippen molar-refractivity contribution in [3.05, 3.63) is 99.9 Å². The zero-order valence-corrected chi connectivity index (χ0v) is 17.0. The number of hydrogen-bond donors (Lipinski definition) is 2. The lowest BCUT2D eigenvalue weighted by atomic mass is 10.1. The lowest BCUT2D eigenvalue weighted by Crippen LogP contribution is -2.11. The molecule has 0 aliphatic rings. The monoisotopic (exact) mass is 417 g/mol. The standard InChI is InChI=1S/C24H19NO4S/c1-15-5-7-16(8-6-15)23(27)25-19-3-2-4-21(12-19)30-14-18-11-17-9-10-20(26)13-22(17)29-24(18)28/h2-13,26H,14H2,1H3,(H,25,27). The van der Waals surface area contributed by atoms with Gasteiger partial charge >= 0.3 is 5.63 Å². The van der Waals surface area contributed by atoms with Crippen LogP contribution < -0.4 is 10.9 Å². The smallest absolute Gasteiger partial charge is 0.340 e. The molecular weight excluding hydrogens is 398 g/mol. The largest absolute Gasteiger partial charge is 0.508 e. The summed E-state index contributed by atoms with van der Waals surface area (Å²) in [4.78, 5) is 25.6. The fourth-order valence-corrected chi connectivity index (χ4v) is 3.88. The fraction of sp³-hybridized carbons (Fsp3) is 0.0833. The third-order valence-electron chi connectivity index (χ3n) is 4.59. The molecule has 0 fully saturated rings. The van der Waals surface area contributed by atoms with Crippen LogP contribution in [0.2, 0.25) is 0 Å². The van der Waals surface area contributed by atoms with E-state index in [9.17, 15) is 14.7 Å². The van der Waals surface area contributed by atoms with Crippen molar-refractivity contribution in [1.82, 2.24) is 0 Å². The second-order valence-corrected chi connectivity index (χ2v) is 7.97. The highest BCUT2D eigenvalue weighted by molar-refractivity contribution is 7.98. The maximum Gasteiger partial charge on any atom is 0.340 e. The van der Waals surface area contributed by atoms with Gasteiger partial charge in [0.15, 0.2) is 0 Å². The number of aryl methyl sites for hydroxylation is 1. The Bertz CT molecular complexity index is 1280. The number of nitrogens with one attached hydrogen (secondary N) is 1. The molecule has 1 aromatic heterocycles. The van der Waals surface area contributed by atoms with Gasteiger partial charge in [-0.15, -0.1) is 11.8 Å². The number of carbonyl (C=O) groups excluding carboxylic acids is 1. The van der Waals surface area contributed by atoms with Gasteiger partial charge in [0.05, 0.1) is 0 Å². The summed E-state index contributed by atoms with van der Waals surface area (Å²) in [5.41, 5.74) is 2.84. The summed E-state index contributed by atoms with van der Waals surface area (Å²) in [7, 11) is 0. The van der Waals surface area contributed by atoms with Gasteiger partial charge in [-0.3, -0.25) is 4.79 Å². The number of anilines is 1. The summed E-state index contributed by atoms with van der Waals surface area (Å²) in [6.07, 6.45) is 0. The van der Waals surface area contributed by atoms with Crippen molar-refractivity contribution < 1.29 is 14.3 Å². The molecule has 6 heteroatoms. The van der Waals surface area contributed by atoms with Crippen LogP contribution in [0.25, 0.3) is 11.0 Å². The Labute approximate surface area is 177 Å². The summed E-state index contributed by atoms with van der Waals surface area (Å²) in [6, 6.07) is 21.3. The molecule has 0 spiro atoms. The molecule has 1 amide bonds. The number of thioether (sulfide) groups is 1. The molecule has 4 aromatic rings. The normalized spacial score (nSPS) is 10.8. The number of phenols is 1. The van der Waals surface area contributed by atoms with Crippen LogP contribution in [0.1, 0.15) is 21.5 Å². The van der Waals surface area contributed by atoms with Gasteiger partial charge in [-0.25, -0.2) is 4.79 Å². The average molecular weight is 417 g/mol. The summed E-state index contributed by atoms with van der Waals surface area (Å²) in [5, 5.41) is 13.2. The Hall–Kier alpha value is -3.51. The molecule has 1 heterocycles. The molecule has 2 N–H and O–H groups in total. The van der Waals surface area contributed by atoms with Gasteiger partial charge in [-0.05, 0) is 55.5 Å². The van der Waals surface area contributed by atoms with Crippen LogP contribution in [-0.2, 0) is 5.75 Å². The highest BCUT2D eigenvalue weighted by atomic mass is 32.2. The fourth-order valence-electron chi connectivity index (χ4n) is 2.98. The maximum absolute atomic E-state index is 12.4. The number of aromatic hydroxyl groups is 1. The topological polar surface area (TPSA) is 79.5 Å². The van der Waals surface area contributed by atoms with Crippen LogP contribution in [0.15, 0.2) is 86.9 Å². The minimum atomic E-state index is -0.426. The van der Waals surface area contributed by atoms with Gasteiger partial charge in [0.25, 0.3) is 5.91 Å². The minimum absolute atomic E-state index is 0.0530. The molecule has 0 unspecified atom stereocenters. The molecule has 5 nitrogen and oxygen atoms in total. The van der Waals surface area contributed by atoms with Crippen molar-refractivity contribution in [2.75, 3.05) is 5.32 Å². The first-order valence-corrected chi connectivity index (χ1v) is 10.3.